The summed E-state index contributed by atoms with van der Waals surface area (Å²) in [5.74, 6) is -0.657. The Bertz CT molecular complexity index is 980. The maximum absolute atomic E-state index is 10.6. The molecule has 0 spiro atoms. The van der Waals surface area contributed by atoms with Crippen molar-refractivity contribution in [1.29, 1.82) is 0 Å². The first-order valence-electron chi connectivity index (χ1n) is 8.32. The second kappa shape index (κ2) is 10.5. The van der Waals surface area contributed by atoms with Crippen molar-refractivity contribution >= 4 is 28.4 Å². The van der Waals surface area contributed by atoms with E-state index in [0.29, 0.717) is 11.8 Å². The van der Waals surface area contributed by atoms with E-state index < -0.39 is 50.1 Å². The summed E-state index contributed by atoms with van der Waals surface area (Å²) in [7, 11) is 0. The summed E-state index contributed by atoms with van der Waals surface area (Å²) in [6.07, 6.45) is -1.95. The number of rotatable bonds is 7. The van der Waals surface area contributed by atoms with Crippen molar-refractivity contribution in [3.63, 3.8) is 0 Å². The number of nitrogens with one attached hydrogen (secondary N) is 1. The van der Waals surface area contributed by atoms with Gasteiger partial charge in [-0.25, -0.2) is 0 Å². The lowest BCUT2D eigenvalue weighted by Crippen LogP contribution is -2.16. The molecule has 0 fully saturated rings. The van der Waals surface area contributed by atoms with Crippen LogP contribution in [0, 0.1) is 30.3 Å². The highest BCUT2D eigenvalue weighted by Gasteiger charge is 2.22. The molecule has 15 heteroatoms. The van der Waals surface area contributed by atoms with Gasteiger partial charge in [-0.2, -0.15) is 0 Å². The largest absolute Gasteiger partial charge is 0.501 e. The molecule has 0 aromatic heterocycles. The van der Waals surface area contributed by atoms with Crippen molar-refractivity contribution in [2.75, 3.05) is 11.1 Å². The van der Waals surface area contributed by atoms with Gasteiger partial charge in [0.15, 0.2) is 12.0 Å². The summed E-state index contributed by atoms with van der Waals surface area (Å²) in [6, 6.07) is 5.35. The van der Waals surface area contributed by atoms with Crippen LogP contribution in [0.2, 0.25) is 0 Å². The van der Waals surface area contributed by atoms with Crippen LogP contribution in [0.3, 0.4) is 0 Å². The average molecular weight is 441 g/mol. The van der Waals surface area contributed by atoms with Gasteiger partial charge in [-0.1, -0.05) is 0 Å². The number of nitrogens with zero attached hydrogens (tertiary/aromatic N) is 3. The average Bonchev–Trinajstić information content (AvgIpc) is 2.64. The maximum atomic E-state index is 10.6. The molecule has 2 aromatic carbocycles. The van der Waals surface area contributed by atoms with E-state index in [0.717, 1.165) is 6.07 Å². The van der Waals surface area contributed by atoms with Gasteiger partial charge in [0.25, 0.3) is 11.4 Å². The van der Waals surface area contributed by atoms with Gasteiger partial charge in [-0.15, -0.1) is 0 Å². The SMILES string of the molecule is CC(O)Nc1ccc([N+](=O)[O-])cc1OC(C)O.Nc1cc([N+](=O)[O-])cc([N+](=O)[O-])c1O. The van der Waals surface area contributed by atoms with Gasteiger partial charge in [0, 0.05) is 12.1 Å². The van der Waals surface area contributed by atoms with E-state index in [-0.39, 0.29) is 11.4 Å². The number of phenolic OH excluding ortho intramolecular Hbond substituents is 1. The summed E-state index contributed by atoms with van der Waals surface area (Å²) in [6.45, 7) is 2.87. The Hall–Kier alpha value is -4.24. The molecular formula is C16H19N5O10. The van der Waals surface area contributed by atoms with Crippen LogP contribution in [0.15, 0.2) is 30.3 Å². The molecule has 2 unspecified atom stereocenters. The van der Waals surface area contributed by atoms with Crippen LogP contribution >= 0.6 is 0 Å². The lowest BCUT2D eigenvalue weighted by Gasteiger charge is -2.16. The molecule has 2 aromatic rings. The lowest BCUT2D eigenvalue weighted by atomic mass is 10.2. The monoisotopic (exact) mass is 441 g/mol. The lowest BCUT2D eigenvalue weighted by molar-refractivity contribution is -0.394. The third kappa shape index (κ3) is 7.26. The summed E-state index contributed by atoms with van der Waals surface area (Å²) in [5, 5.41) is 61.2. The molecule has 0 heterocycles. The normalized spacial score (nSPS) is 12.0. The molecule has 31 heavy (non-hydrogen) atoms. The number of aliphatic hydroxyl groups is 2. The zero-order valence-corrected chi connectivity index (χ0v) is 16.2. The van der Waals surface area contributed by atoms with E-state index >= 15 is 0 Å². The van der Waals surface area contributed by atoms with Gasteiger partial charge in [-0.05, 0) is 19.9 Å². The molecule has 0 bridgehead atoms. The number of nitro groups is 3. The first-order valence-corrected chi connectivity index (χ1v) is 8.32. The van der Waals surface area contributed by atoms with Gasteiger partial charge in [0.1, 0.15) is 6.23 Å². The third-order valence-corrected chi connectivity index (χ3v) is 3.35. The molecule has 0 amide bonds. The van der Waals surface area contributed by atoms with Crippen molar-refractivity contribution in [1.82, 2.24) is 0 Å². The Morgan fingerprint density at radius 2 is 1.55 bits per heavy atom. The van der Waals surface area contributed by atoms with E-state index in [1.54, 1.807) is 0 Å². The van der Waals surface area contributed by atoms with Crippen LogP contribution in [-0.2, 0) is 0 Å². The fourth-order valence-electron chi connectivity index (χ4n) is 2.12. The second-order valence-corrected chi connectivity index (χ2v) is 5.89. The van der Waals surface area contributed by atoms with Crippen LogP contribution in [0.25, 0.3) is 0 Å². The molecular weight excluding hydrogens is 422 g/mol. The number of hydrogen-bond donors (Lipinski definition) is 5. The van der Waals surface area contributed by atoms with Crippen LogP contribution in [0.5, 0.6) is 11.5 Å². The van der Waals surface area contributed by atoms with E-state index in [1.807, 2.05) is 0 Å². The minimum atomic E-state index is -1.11. The third-order valence-electron chi connectivity index (χ3n) is 3.35. The number of nitrogen functional groups attached to an aromatic ring is 1. The topological polar surface area (TPSA) is 237 Å². The highest BCUT2D eigenvalue weighted by molar-refractivity contribution is 5.68. The molecule has 2 rings (SSSR count). The standard InChI is InChI=1S/C10H14N2O5.C6H5N3O5/c1-6(13)11-9-4-3-8(12(15)16)5-10(9)17-7(2)14;7-4-1-3(8(11)12)2-5(6(4)10)9(13)14/h3-7,11,13-14H,1-2H3;1-2,10H,7H2. The van der Waals surface area contributed by atoms with Crippen molar-refractivity contribution < 1.29 is 34.8 Å². The highest BCUT2D eigenvalue weighted by Crippen LogP contribution is 2.35. The predicted molar refractivity (Wildman–Crippen MR) is 107 cm³/mol. The van der Waals surface area contributed by atoms with Crippen LogP contribution < -0.4 is 15.8 Å². The number of nitro benzene ring substituents is 3. The molecule has 0 aliphatic rings. The number of anilines is 2. The van der Waals surface area contributed by atoms with E-state index in [4.69, 9.17) is 20.7 Å². The highest BCUT2D eigenvalue weighted by atomic mass is 16.6. The zero-order valence-electron chi connectivity index (χ0n) is 16.2. The van der Waals surface area contributed by atoms with E-state index in [2.05, 4.69) is 5.32 Å². The maximum Gasteiger partial charge on any atom is 0.319 e. The Labute approximate surface area is 173 Å². The Balaban J connectivity index is 0.000000316. The smallest absolute Gasteiger partial charge is 0.319 e. The molecule has 0 radical (unpaired) electrons. The van der Waals surface area contributed by atoms with E-state index in [9.17, 15) is 35.4 Å². The zero-order chi connectivity index (χ0) is 23.9. The van der Waals surface area contributed by atoms with Gasteiger partial charge in [0.2, 0.25) is 5.75 Å². The second-order valence-electron chi connectivity index (χ2n) is 5.89. The fourth-order valence-corrected chi connectivity index (χ4v) is 2.12. The molecule has 0 saturated carbocycles. The number of benzene rings is 2. The Kier molecular flexibility index (Phi) is 8.41. The molecule has 0 saturated heterocycles. The number of non-ortho nitro benzene ring substituents is 2. The summed E-state index contributed by atoms with van der Waals surface area (Å²) < 4.78 is 5.01. The molecule has 2 atom stereocenters. The summed E-state index contributed by atoms with van der Waals surface area (Å²) in [5.41, 5.74) is 3.64. The van der Waals surface area contributed by atoms with Crippen LogP contribution in [-0.4, -0.2) is 42.6 Å². The van der Waals surface area contributed by atoms with Gasteiger partial charge >= 0.3 is 5.69 Å². The van der Waals surface area contributed by atoms with Gasteiger partial charge in [0.05, 0.1) is 38.3 Å². The van der Waals surface area contributed by atoms with Gasteiger partial charge < -0.3 is 31.1 Å². The predicted octanol–water partition coefficient (Wildman–Crippen LogP) is 1.85. The van der Waals surface area contributed by atoms with Crippen LogP contribution in [0.4, 0.5) is 28.4 Å². The first-order chi connectivity index (χ1) is 14.3. The number of ether oxygens (including phenoxy) is 1. The minimum absolute atomic E-state index is 0.107. The van der Waals surface area contributed by atoms with Crippen molar-refractivity contribution in [2.45, 2.75) is 26.4 Å². The Morgan fingerprint density at radius 3 is 2.00 bits per heavy atom. The molecule has 168 valence electrons. The molecule has 6 N–H and O–H groups in total. The van der Waals surface area contributed by atoms with Gasteiger partial charge in [-0.3, -0.25) is 30.3 Å². The number of nitrogens with two attached hydrogens (primary N) is 1. The molecule has 0 aliphatic carbocycles. The number of phenols is 1. The van der Waals surface area contributed by atoms with Crippen molar-refractivity contribution in [3.8, 4) is 11.5 Å². The molecule has 0 aliphatic heterocycles. The van der Waals surface area contributed by atoms with E-state index in [1.165, 1.54) is 32.0 Å². The van der Waals surface area contributed by atoms with Crippen LogP contribution in [0.1, 0.15) is 13.8 Å². The first kappa shape index (κ1) is 24.8. The number of aromatic hydroxyl groups is 1. The number of aliphatic hydroxyl groups excluding tert-OH is 2. The molecule has 15 nitrogen and oxygen atoms in total. The van der Waals surface area contributed by atoms with Crippen molar-refractivity contribution in [3.05, 3.63) is 60.7 Å². The number of hydrogen-bond acceptors (Lipinski definition) is 12. The summed E-state index contributed by atoms with van der Waals surface area (Å²) >= 11 is 0. The Morgan fingerprint density at radius 1 is 0.968 bits per heavy atom. The summed E-state index contributed by atoms with van der Waals surface area (Å²) in [4.78, 5) is 28.8. The van der Waals surface area contributed by atoms with Crippen molar-refractivity contribution in [2.24, 2.45) is 0 Å². The minimum Gasteiger partial charge on any atom is -0.501 e. The quantitative estimate of drug-likeness (QED) is 0.136. The fraction of sp³-hybridized carbons (Fsp3) is 0.250.